The second-order valence-corrected chi connectivity index (χ2v) is 13.6. The Hall–Kier alpha value is -0.433. The molecule has 0 saturated heterocycles. The lowest BCUT2D eigenvalue weighted by atomic mass is 10.1. The van der Waals surface area contributed by atoms with Crippen molar-refractivity contribution in [3.05, 3.63) is 21.5 Å². The zero-order chi connectivity index (χ0) is 17.6. The molecule has 0 aromatic carbocycles. The lowest BCUT2D eigenvalue weighted by molar-refractivity contribution is 0.269. The number of aromatic nitrogens is 3. The molecular formula is C16H25BrClN3OSi. The molecule has 0 bridgehead atoms. The molecule has 0 amide bonds. The fourth-order valence-electron chi connectivity index (χ4n) is 2.16. The highest BCUT2D eigenvalue weighted by molar-refractivity contribution is 9.10. The van der Waals surface area contributed by atoms with E-state index in [-0.39, 0.29) is 11.0 Å². The van der Waals surface area contributed by atoms with Gasteiger partial charge in [-0.2, -0.15) is 0 Å². The van der Waals surface area contributed by atoms with Gasteiger partial charge in [-0.25, -0.2) is 9.97 Å². The van der Waals surface area contributed by atoms with Gasteiger partial charge >= 0.3 is 0 Å². The number of aryl methyl sites for hydroxylation is 1. The zero-order valence-electron chi connectivity index (χ0n) is 14.9. The molecule has 1 atom stereocenters. The highest BCUT2D eigenvalue weighted by Crippen LogP contribution is 2.37. The molecule has 2 aromatic rings. The van der Waals surface area contributed by atoms with Crippen LogP contribution in [0, 0.1) is 0 Å². The molecule has 0 radical (unpaired) electrons. The van der Waals surface area contributed by atoms with Crippen LogP contribution in [0.4, 0.5) is 0 Å². The first-order valence-electron chi connectivity index (χ1n) is 7.76. The normalized spacial score (nSPS) is 14.5. The Morgan fingerprint density at radius 1 is 1.35 bits per heavy atom. The molecule has 0 spiro atoms. The molecule has 7 heteroatoms. The van der Waals surface area contributed by atoms with E-state index >= 15 is 0 Å². The molecule has 2 heterocycles. The third-order valence-electron chi connectivity index (χ3n) is 4.77. The standard InChI is InChI=1S/C16H25BrClN3OSi/c1-10(9-22-23(6,7)16(2,3)4)11-8-21(5)15-12(11)19-13(17)14(18)20-15/h8,10H,9H2,1-7H3. The van der Waals surface area contributed by atoms with Crippen molar-refractivity contribution in [1.82, 2.24) is 14.5 Å². The first-order chi connectivity index (χ1) is 10.4. The minimum Gasteiger partial charge on any atom is -0.416 e. The van der Waals surface area contributed by atoms with Gasteiger partial charge in [0.15, 0.2) is 19.1 Å². The van der Waals surface area contributed by atoms with Crippen molar-refractivity contribution in [1.29, 1.82) is 0 Å². The van der Waals surface area contributed by atoms with Crippen molar-refractivity contribution in [2.45, 2.75) is 51.7 Å². The Balaban J connectivity index is 2.29. The van der Waals surface area contributed by atoms with Gasteiger partial charge in [-0.3, -0.25) is 0 Å². The third-order valence-corrected chi connectivity index (χ3v) is 10.3. The first kappa shape index (κ1) is 18.9. The number of fused-ring (bicyclic) bond motifs is 1. The van der Waals surface area contributed by atoms with Crippen molar-refractivity contribution in [3.63, 3.8) is 0 Å². The van der Waals surface area contributed by atoms with Gasteiger partial charge in [-0.15, -0.1) is 0 Å². The van der Waals surface area contributed by atoms with E-state index in [4.69, 9.17) is 16.0 Å². The van der Waals surface area contributed by atoms with Crippen molar-refractivity contribution < 1.29 is 4.43 Å². The van der Waals surface area contributed by atoms with E-state index in [1.54, 1.807) is 0 Å². The van der Waals surface area contributed by atoms with Gasteiger partial charge in [0.1, 0.15) is 10.1 Å². The molecule has 4 nitrogen and oxygen atoms in total. The highest BCUT2D eigenvalue weighted by atomic mass is 79.9. The Labute approximate surface area is 152 Å². The summed E-state index contributed by atoms with van der Waals surface area (Å²) in [5, 5.41) is 0.595. The van der Waals surface area contributed by atoms with E-state index in [9.17, 15) is 0 Å². The summed E-state index contributed by atoms with van der Waals surface area (Å²) in [5.74, 6) is 0.246. The molecule has 128 valence electrons. The lowest BCUT2D eigenvalue weighted by Gasteiger charge is -2.37. The lowest BCUT2D eigenvalue weighted by Crippen LogP contribution is -2.41. The first-order valence-corrected chi connectivity index (χ1v) is 11.8. The van der Waals surface area contributed by atoms with Crippen LogP contribution in [0.3, 0.4) is 0 Å². The number of rotatable bonds is 4. The van der Waals surface area contributed by atoms with E-state index in [1.165, 1.54) is 0 Å². The van der Waals surface area contributed by atoms with Crippen LogP contribution >= 0.6 is 27.5 Å². The summed E-state index contributed by atoms with van der Waals surface area (Å²) in [6, 6.07) is 0. The maximum absolute atomic E-state index is 6.37. The molecule has 0 N–H and O–H groups in total. The van der Waals surface area contributed by atoms with Crippen molar-refractivity contribution in [2.24, 2.45) is 7.05 Å². The van der Waals surface area contributed by atoms with E-state index in [1.807, 2.05) is 11.6 Å². The smallest absolute Gasteiger partial charge is 0.192 e. The molecule has 23 heavy (non-hydrogen) atoms. The molecule has 0 aliphatic heterocycles. The fourth-order valence-corrected chi connectivity index (χ4v) is 3.65. The molecule has 2 rings (SSSR count). The van der Waals surface area contributed by atoms with Crippen LogP contribution in [0.15, 0.2) is 10.8 Å². The molecule has 0 fully saturated rings. The van der Waals surface area contributed by atoms with Crippen molar-refractivity contribution in [3.8, 4) is 0 Å². The average molecular weight is 419 g/mol. The van der Waals surface area contributed by atoms with Gasteiger partial charge in [0.25, 0.3) is 0 Å². The van der Waals surface area contributed by atoms with E-state index in [0.29, 0.717) is 16.4 Å². The Morgan fingerprint density at radius 2 is 1.96 bits per heavy atom. The van der Waals surface area contributed by atoms with E-state index in [0.717, 1.165) is 16.7 Å². The van der Waals surface area contributed by atoms with Crippen molar-refractivity contribution >= 4 is 47.0 Å². The van der Waals surface area contributed by atoms with Crippen LogP contribution in [0.25, 0.3) is 11.2 Å². The van der Waals surface area contributed by atoms with Gasteiger partial charge in [0.05, 0.1) is 0 Å². The third kappa shape index (κ3) is 3.81. The summed E-state index contributed by atoms with van der Waals surface area (Å²) < 4.78 is 8.92. The SMILES string of the molecule is CC(CO[Si](C)(C)C(C)(C)C)c1cn(C)c2nc(Cl)c(Br)nc12. The Kier molecular flexibility index (Phi) is 5.31. The quantitative estimate of drug-likeness (QED) is 0.615. The molecular weight excluding hydrogens is 394 g/mol. The monoisotopic (exact) mass is 417 g/mol. The number of nitrogens with zero attached hydrogens (tertiary/aromatic N) is 3. The van der Waals surface area contributed by atoms with Crippen LogP contribution in [0.2, 0.25) is 23.3 Å². The topological polar surface area (TPSA) is 39.9 Å². The number of halogens is 2. The highest BCUT2D eigenvalue weighted by Gasteiger charge is 2.37. The van der Waals surface area contributed by atoms with Crippen molar-refractivity contribution in [2.75, 3.05) is 6.61 Å². The molecule has 1 unspecified atom stereocenters. The number of hydrogen-bond acceptors (Lipinski definition) is 3. The summed E-state index contributed by atoms with van der Waals surface area (Å²) in [4.78, 5) is 8.98. The second-order valence-electron chi connectivity index (χ2n) is 7.65. The maximum atomic E-state index is 6.37. The summed E-state index contributed by atoms with van der Waals surface area (Å²) in [5.41, 5.74) is 2.83. The van der Waals surface area contributed by atoms with Crippen LogP contribution in [0.5, 0.6) is 0 Å². The summed E-state index contributed by atoms with van der Waals surface area (Å²) >= 11 is 9.43. The van der Waals surface area contributed by atoms with Crippen LogP contribution in [0.1, 0.15) is 39.2 Å². The minimum absolute atomic E-state index is 0.210. The molecule has 0 aliphatic rings. The number of hydrogen-bond donors (Lipinski definition) is 0. The minimum atomic E-state index is -1.75. The Morgan fingerprint density at radius 3 is 2.52 bits per heavy atom. The van der Waals surface area contributed by atoms with Crippen LogP contribution in [-0.2, 0) is 11.5 Å². The predicted molar refractivity (Wildman–Crippen MR) is 103 cm³/mol. The van der Waals surface area contributed by atoms with Gasteiger partial charge < -0.3 is 8.99 Å². The summed E-state index contributed by atoms with van der Waals surface area (Å²) in [6.45, 7) is 14.2. The van der Waals surface area contributed by atoms with Gasteiger partial charge in [-0.1, -0.05) is 39.3 Å². The Bertz CT molecular complexity index is 724. The second kappa shape index (κ2) is 6.46. The maximum Gasteiger partial charge on any atom is 0.192 e. The molecule has 2 aromatic heterocycles. The fraction of sp³-hybridized carbons (Fsp3) is 0.625. The summed E-state index contributed by atoms with van der Waals surface area (Å²) in [7, 11) is 0.210. The van der Waals surface area contributed by atoms with Gasteiger partial charge in [0.2, 0.25) is 0 Å². The predicted octanol–water partition coefficient (Wildman–Crippen LogP) is 5.51. The van der Waals surface area contributed by atoms with Gasteiger partial charge in [0, 0.05) is 31.3 Å². The van der Waals surface area contributed by atoms with Crippen LogP contribution < -0.4 is 0 Å². The summed E-state index contributed by atoms with van der Waals surface area (Å²) in [6.07, 6.45) is 2.08. The molecule has 0 saturated carbocycles. The van der Waals surface area contributed by atoms with E-state index in [2.05, 4.69) is 72.9 Å². The zero-order valence-corrected chi connectivity index (χ0v) is 18.2. The van der Waals surface area contributed by atoms with E-state index < -0.39 is 8.32 Å². The van der Waals surface area contributed by atoms with Crippen LogP contribution in [-0.4, -0.2) is 29.5 Å². The molecule has 0 aliphatic carbocycles. The average Bonchev–Trinajstić information content (AvgIpc) is 2.73. The largest absolute Gasteiger partial charge is 0.416 e. The van der Waals surface area contributed by atoms with Gasteiger partial charge in [-0.05, 0) is 34.1 Å².